The van der Waals surface area contributed by atoms with Crippen LogP contribution in [0.15, 0.2) is 18.2 Å². The number of hydrogen-bond acceptors (Lipinski definition) is 2. The molecular formula is C16H26N3OS+. The maximum absolute atomic E-state index is 5.36. The van der Waals surface area contributed by atoms with Gasteiger partial charge in [-0.2, -0.15) is 0 Å². The normalized spacial score (nSPS) is 15.7. The second kappa shape index (κ2) is 8.32. The van der Waals surface area contributed by atoms with E-state index in [1.807, 2.05) is 0 Å². The molecule has 0 bridgehead atoms. The van der Waals surface area contributed by atoms with Gasteiger partial charge in [-0.05, 0) is 43.3 Å². The monoisotopic (exact) mass is 308 g/mol. The molecule has 3 N–H and O–H groups in total. The number of nitrogens with one attached hydrogen (secondary N) is 3. The summed E-state index contributed by atoms with van der Waals surface area (Å²) >= 11 is 5.36. The fourth-order valence-corrected chi connectivity index (χ4v) is 2.72. The summed E-state index contributed by atoms with van der Waals surface area (Å²) in [5.74, 6) is 0. The highest BCUT2D eigenvalue weighted by atomic mass is 32.1. The molecule has 0 saturated carbocycles. The van der Waals surface area contributed by atoms with Crippen LogP contribution in [0.4, 0.5) is 5.69 Å². The number of thiocarbonyl (C=S) groups is 1. The minimum atomic E-state index is 0.709. The molecule has 1 aliphatic rings. The zero-order valence-electron chi connectivity index (χ0n) is 13.0. The predicted octanol–water partition coefficient (Wildman–Crippen LogP) is 0.895. The van der Waals surface area contributed by atoms with Gasteiger partial charge in [0.1, 0.15) is 13.1 Å². The maximum atomic E-state index is 5.36. The van der Waals surface area contributed by atoms with E-state index < -0.39 is 0 Å². The minimum Gasteiger partial charge on any atom is -0.370 e. The molecule has 5 heteroatoms. The number of benzene rings is 1. The molecule has 1 aromatic carbocycles. The van der Waals surface area contributed by atoms with Crippen LogP contribution in [-0.2, 0) is 4.74 Å². The number of aryl methyl sites for hydroxylation is 1. The Hall–Kier alpha value is -1.17. The summed E-state index contributed by atoms with van der Waals surface area (Å²) < 4.78 is 5.36. The smallest absolute Gasteiger partial charge is 0.170 e. The van der Waals surface area contributed by atoms with Crippen molar-refractivity contribution in [3.05, 3.63) is 29.3 Å². The molecule has 0 spiro atoms. The lowest BCUT2D eigenvalue weighted by Gasteiger charge is -2.23. The van der Waals surface area contributed by atoms with Gasteiger partial charge in [0.05, 0.1) is 19.8 Å². The van der Waals surface area contributed by atoms with Gasteiger partial charge >= 0.3 is 0 Å². The highest BCUT2D eigenvalue weighted by Crippen LogP contribution is 2.17. The molecule has 116 valence electrons. The van der Waals surface area contributed by atoms with Gasteiger partial charge in [0.25, 0.3) is 0 Å². The second-order valence-electron chi connectivity index (χ2n) is 5.59. The summed E-state index contributed by atoms with van der Waals surface area (Å²) in [6.07, 6.45) is 1.13. The highest BCUT2D eigenvalue weighted by Gasteiger charge is 2.12. The zero-order chi connectivity index (χ0) is 15.1. The molecule has 1 aliphatic heterocycles. The second-order valence-corrected chi connectivity index (χ2v) is 6.00. The van der Waals surface area contributed by atoms with Crippen molar-refractivity contribution in [3.63, 3.8) is 0 Å². The summed E-state index contributed by atoms with van der Waals surface area (Å²) in [6, 6.07) is 6.23. The van der Waals surface area contributed by atoms with Crippen LogP contribution >= 0.6 is 12.2 Å². The average molecular weight is 308 g/mol. The van der Waals surface area contributed by atoms with Crippen LogP contribution in [0.25, 0.3) is 0 Å². The molecule has 1 aromatic rings. The topological polar surface area (TPSA) is 37.7 Å². The Morgan fingerprint density at radius 1 is 1.29 bits per heavy atom. The van der Waals surface area contributed by atoms with E-state index in [2.05, 4.69) is 42.7 Å². The highest BCUT2D eigenvalue weighted by molar-refractivity contribution is 7.80. The van der Waals surface area contributed by atoms with Crippen molar-refractivity contribution in [2.24, 2.45) is 0 Å². The lowest BCUT2D eigenvalue weighted by atomic mass is 10.1. The van der Waals surface area contributed by atoms with Gasteiger partial charge in [-0.1, -0.05) is 12.1 Å². The van der Waals surface area contributed by atoms with E-state index in [0.717, 1.165) is 45.0 Å². The molecule has 1 saturated heterocycles. The lowest BCUT2D eigenvalue weighted by molar-refractivity contribution is -0.908. The van der Waals surface area contributed by atoms with Gasteiger partial charge < -0.3 is 20.3 Å². The maximum Gasteiger partial charge on any atom is 0.170 e. The molecule has 0 aliphatic carbocycles. The first-order chi connectivity index (χ1) is 10.2. The third kappa shape index (κ3) is 5.26. The molecule has 0 amide bonds. The van der Waals surface area contributed by atoms with Crippen molar-refractivity contribution in [2.75, 3.05) is 44.7 Å². The summed E-state index contributed by atoms with van der Waals surface area (Å²) in [7, 11) is 0. The van der Waals surface area contributed by atoms with E-state index in [1.54, 1.807) is 4.90 Å². The number of rotatable bonds is 5. The molecule has 0 aromatic heterocycles. The molecule has 0 atom stereocenters. The number of ether oxygens (including phenoxy) is 1. The Morgan fingerprint density at radius 2 is 2.05 bits per heavy atom. The van der Waals surface area contributed by atoms with Gasteiger partial charge in [-0.25, -0.2) is 0 Å². The van der Waals surface area contributed by atoms with Gasteiger partial charge in [0, 0.05) is 18.7 Å². The van der Waals surface area contributed by atoms with E-state index in [1.165, 1.54) is 17.7 Å². The molecule has 0 unspecified atom stereocenters. The van der Waals surface area contributed by atoms with Crippen LogP contribution in [0, 0.1) is 13.8 Å². The van der Waals surface area contributed by atoms with E-state index in [-0.39, 0.29) is 0 Å². The van der Waals surface area contributed by atoms with Crippen LogP contribution in [-0.4, -0.2) is 44.5 Å². The van der Waals surface area contributed by atoms with Gasteiger partial charge in [0.15, 0.2) is 5.11 Å². The van der Waals surface area contributed by atoms with Crippen molar-refractivity contribution in [3.8, 4) is 0 Å². The molecular weight excluding hydrogens is 282 g/mol. The van der Waals surface area contributed by atoms with E-state index >= 15 is 0 Å². The first-order valence-electron chi connectivity index (χ1n) is 7.69. The standard InChI is InChI=1S/C16H25N3OS/c1-13-5-3-6-15(14(13)2)18-16(21)17-7-4-8-19-9-11-20-12-10-19/h3,5-6H,4,7-12H2,1-2H3,(H2,17,18,21)/p+1. The molecule has 21 heavy (non-hydrogen) atoms. The Labute approximate surface area is 132 Å². The van der Waals surface area contributed by atoms with E-state index in [9.17, 15) is 0 Å². The number of morpholine rings is 1. The zero-order valence-corrected chi connectivity index (χ0v) is 13.8. The number of quaternary nitrogens is 1. The fourth-order valence-electron chi connectivity index (χ4n) is 2.50. The summed E-state index contributed by atoms with van der Waals surface area (Å²) in [5.41, 5.74) is 3.62. The minimum absolute atomic E-state index is 0.709. The Balaban J connectivity index is 1.66. The quantitative estimate of drug-likeness (QED) is 0.558. The molecule has 1 heterocycles. The number of anilines is 1. The Morgan fingerprint density at radius 3 is 2.81 bits per heavy atom. The van der Waals surface area contributed by atoms with Crippen molar-refractivity contribution in [1.29, 1.82) is 0 Å². The summed E-state index contributed by atoms with van der Waals surface area (Å²) in [4.78, 5) is 1.64. The molecule has 4 nitrogen and oxygen atoms in total. The molecule has 1 fully saturated rings. The van der Waals surface area contributed by atoms with Crippen LogP contribution in [0.2, 0.25) is 0 Å². The summed E-state index contributed by atoms with van der Waals surface area (Å²) in [6.45, 7) is 10.4. The van der Waals surface area contributed by atoms with Crippen LogP contribution in [0.1, 0.15) is 17.5 Å². The van der Waals surface area contributed by atoms with Crippen molar-refractivity contribution in [1.82, 2.24) is 5.32 Å². The van der Waals surface area contributed by atoms with Crippen LogP contribution < -0.4 is 15.5 Å². The van der Waals surface area contributed by atoms with Crippen LogP contribution in [0.3, 0.4) is 0 Å². The van der Waals surface area contributed by atoms with Crippen molar-refractivity contribution < 1.29 is 9.64 Å². The SMILES string of the molecule is Cc1cccc(NC(=S)NCCC[NH+]2CCOCC2)c1C. The predicted molar refractivity (Wildman–Crippen MR) is 91.1 cm³/mol. The largest absolute Gasteiger partial charge is 0.370 e. The van der Waals surface area contributed by atoms with E-state index in [4.69, 9.17) is 17.0 Å². The molecule has 0 radical (unpaired) electrons. The van der Waals surface area contributed by atoms with Crippen molar-refractivity contribution >= 4 is 23.0 Å². The van der Waals surface area contributed by atoms with E-state index in [0.29, 0.717) is 5.11 Å². The summed E-state index contributed by atoms with van der Waals surface area (Å²) in [5, 5.41) is 7.29. The van der Waals surface area contributed by atoms with Crippen LogP contribution in [0.5, 0.6) is 0 Å². The molecule has 2 rings (SSSR count). The van der Waals surface area contributed by atoms with Gasteiger partial charge in [-0.15, -0.1) is 0 Å². The third-order valence-corrected chi connectivity index (χ3v) is 4.29. The third-order valence-electron chi connectivity index (χ3n) is 4.05. The van der Waals surface area contributed by atoms with Crippen molar-refractivity contribution in [2.45, 2.75) is 20.3 Å². The first kappa shape index (κ1) is 16.2. The Bertz CT molecular complexity index is 473. The first-order valence-corrected chi connectivity index (χ1v) is 8.10. The Kier molecular flexibility index (Phi) is 6.42. The average Bonchev–Trinajstić information content (AvgIpc) is 2.49. The fraction of sp³-hybridized carbons (Fsp3) is 0.562. The van der Waals surface area contributed by atoms with Gasteiger partial charge in [0.2, 0.25) is 0 Å². The lowest BCUT2D eigenvalue weighted by Crippen LogP contribution is -3.14. The number of hydrogen-bond donors (Lipinski definition) is 3. The van der Waals surface area contributed by atoms with Gasteiger partial charge in [-0.3, -0.25) is 0 Å².